The van der Waals surface area contributed by atoms with Crippen LogP contribution < -0.4 is 5.32 Å². The Morgan fingerprint density at radius 1 is 1.26 bits per heavy atom. The zero-order valence-electron chi connectivity index (χ0n) is 11.1. The Labute approximate surface area is 112 Å². The highest BCUT2D eigenvalue weighted by atomic mass is 19.1. The summed E-state index contributed by atoms with van der Waals surface area (Å²) >= 11 is 0. The van der Waals surface area contributed by atoms with E-state index in [-0.39, 0.29) is 5.82 Å². The van der Waals surface area contributed by atoms with Crippen LogP contribution in [0, 0.1) is 5.82 Å². The standard InChI is InChI=1S/C15H18FN3/c1-19-15(12-4-2-3-5-13(12)16)10-14(18-19)11-6-8-17-9-7-11/h2-5,10-11,17H,6-9H2,1H3. The molecule has 2 heterocycles. The third-order valence-corrected chi connectivity index (χ3v) is 3.81. The number of aromatic nitrogens is 2. The Hall–Kier alpha value is -1.68. The molecular formula is C15H18FN3. The molecule has 0 aliphatic carbocycles. The predicted octanol–water partition coefficient (Wildman–Crippen LogP) is 2.69. The number of nitrogens with zero attached hydrogens (tertiary/aromatic N) is 2. The molecule has 3 rings (SSSR count). The van der Waals surface area contributed by atoms with E-state index in [1.54, 1.807) is 16.8 Å². The molecule has 1 aliphatic rings. The summed E-state index contributed by atoms with van der Waals surface area (Å²) in [6, 6.07) is 8.90. The molecule has 0 saturated carbocycles. The highest BCUT2D eigenvalue weighted by Gasteiger charge is 2.20. The molecule has 1 saturated heterocycles. The first-order valence-corrected chi connectivity index (χ1v) is 6.75. The first-order chi connectivity index (χ1) is 9.25. The number of halogens is 1. The van der Waals surface area contributed by atoms with Gasteiger partial charge in [-0.25, -0.2) is 4.39 Å². The molecule has 0 radical (unpaired) electrons. The molecule has 19 heavy (non-hydrogen) atoms. The molecule has 0 bridgehead atoms. The summed E-state index contributed by atoms with van der Waals surface area (Å²) in [5, 5.41) is 7.93. The summed E-state index contributed by atoms with van der Waals surface area (Å²) in [6.45, 7) is 2.08. The quantitative estimate of drug-likeness (QED) is 0.898. The van der Waals surface area contributed by atoms with Crippen LogP contribution in [0.15, 0.2) is 30.3 Å². The van der Waals surface area contributed by atoms with Gasteiger partial charge >= 0.3 is 0 Å². The third kappa shape index (κ3) is 2.40. The molecule has 4 heteroatoms. The lowest BCUT2D eigenvalue weighted by atomic mass is 9.94. The van der Waals surface area contributed by atoms with E-state index >= 15 is 0 Å². The molecule has 1 aromatic heterocycles. The number of rotatable bonds is 2. The second kappa shape index (κ2) is 5.13. The van der Waals surface area contributed by atoms with Crippen molar-refractivity contribution in [3.05, 3.63) is 41.8 Å². The minimum Gasteiger partial charge on any atom is -0.317 e. The van der Waals surface area contributed by atoms with Crippen molar-refractivity contribution in [3.63, 3.8) is 0 Å². The molecular weight excluding hydrogens is 241 g/mol. The Kier molecular flexibility index (Phi) is 3.34. The van der Waals surface area contributed by atoms with Gasteiger partial charge in [-0.15, -0.1) is 0 Å². The Morgan fingerprint density at radius 3 is 2.74 bits per heavy atom. The molecule has 3 nitrogen and oxygen atoms in total. The van der Waals surface area contributed by atoms with Gasteiger partial charge in [0.15, 0.2) is 0 Å². The van der Waals surface area contributed by atoms with Crippen molar-refractivity contribution in [3.8, 4) is 11.3 Å². The summed E-state index contributed by atoms with van der Waals surface area (Å²) < 4.78 is 15.6. The van der Waals surface area contributed by atoms with E-state index in [1.165, 1.54) is 6.07 Å². The summed E-state index contributed by atoms with van der Waals surface area (Å²) in [4.78, 5) is 0. The Balaban J connectivity index is 1.95. The van der Waals surface area contributed by atoms with Gasteiger partial charge in [0.2, 0.25) is 0 Å². The van der Waals surface area contributed by atoms with Gasteiger partial charge in [0.05, 0.1) is 11.4 Å². The summed E-state index contributed by atoms with van der Waals surface area (Å²) in [5.41, 5.74) is 2.56. The summed E-state index contributed by atoms with van der Waals surface area (Å²) in [5.74, 6) is 0.301. The average Bonchev–Trinajstić information content (AvgIpc) is 2.82. The first kappa shape index (κ1) is 12.4. The molecule has 1 aromatic carbocycles. The molecule has 1 N–H and O–H groups in total. The van der Waals surface area contributed by atoms with Crippen LogP contribution in [0.25, 0.3) is 11.3 Å². The largest absolute Gasteiger partial charge is 0.317 e. The highest BCUT2D eigenvalue weighted by Crippen LogP contribution is 2.29. The van der Waals surface area contributed by atoms with E-state index in [9.17, 15) is 4.39 Å². The van der Waals surface area contributed by atoms with Gasteiger partial charge in [-0.1, -0.05) is 12.1 Å². The van der Waals surface area contributed by atoms with Gasteiger partial charge in [0.1, 0.15) is 5.82 Å². The Bertz CT molecular complexity index is 571. The topological polar surface area (TPSA) is 29.9 Å². The number of hydrogen-bond donors (Lipinski definition) is 1. The fourth-order valence-corrected chi connectivity index (χ4v) is 2.73. The lowest BCUT2D eigenvalue weighted by Crippen LogP contribution is -2.26. The van der Waals surface area contributed by atoms with Gasteiger partial charge in [0.25, 0.3) is 0 Å². The minimum atomic E-state index is -0.192. The maximum absolute atomic E-state index is 13.9. The second-order valence-electron chi connectivity index (χ2n) is 5.08. The zero-order valence-corrected chi connectivity index (χ0v) is 11.1. The SMILES string of the molecule is Cn1nc(C2CCNCC2)cc1-c1ccccc1F. The van der Waals surface area contributed by atoms with E-state index in [4.69, 9.17) is 0 Å². The van der Waals surface area contributed by atoms with Gasteiger partial charge < -0.3 is 5.32 Å². The number of benzene rings is 1. The maximum atomic E-state index is 13.9. The molecule has 2 aromatic rings. The van der Waals surface area contributed by atoms with Crippen molar-refractivity contribution in [2.75, 3.05) is 13.1 Å². The van der Waals surface area contributed by atoms with E-state index in [0.29, 0.717) is 11.5 Å². The normalized spacial score (nSPS) is 16.7. The molecule has 100 valence electrons. The van der Waals surface area contributed by atoms with E-state index in [0.717, 1.165) is 37.3 Å². The maximum Gasteiger partial charge on any atom is 0.132 e. The van der Waals surface area contributed by atoms with Crippen molar-refractivity contribution >= 4 is 0 Å². The summed E-state index contributed by atoms with van der Waals surface area (Å²) in [7, 11) is 1.88. The number of hydrogen-bond acceptors (Lipinski definition) is 2. The minimum absolute atomic E-state index is 0.192. The van der Waals surface area contributed by atoms with Gasteiger partial charge in [-0.05, 0) is 44.1 Å². The van der Waals surface area contributed by atoms with Crippen LogP contribution in [0.4, 0.5) is 4.39 Å². The zero-order chi connectivity index (χ0) is 13.2. The summed E-state index contributed by atoms with van der Waals surface area (Å²) in [6.07, 6.45) is 2.21. The molecule has 1 fully saturated rings. The predicted molar refractivity (Wildman–Crippen MR) is 73.4 cm³/mol. The van der Waals surface area contributed by atoms with Crippen molar-refractivity contribution in [2.24, 2.45) is 7.05 Å². The van der Waals surface area contributed by atoms with Crippen LogP contribution in [-0.4, -0.2) is 22.9 Å². The monoisotopic (exact) mass is 259 g/mol. The van der Waals surface area contributed by atoms with Crippen LogP contribution in [0.3, 0.4) is 0 Å². The van der Waals surface area contributed by atoms with Crippen molar-refractivity contribution in [2.45, 2.75) is 18.8 Å². The van der Waals surface area contributed by atoms with Crippen LogP contribution in [0.2, 0.25) is 0 Å². The van der Waals surface area contributed by atoms with Crippen LogP contribution >= 0.6 is 0 Å². The van der Waals surface area contributed by atoms with Gasteiger partial charge in [-0.3, -0.25) is 4.68 Å². The fraction of sp³-hybridized carbons (Fsp3) is 0.400. The van der Waals surface area contributed by atoms with Crippen molar-refractivity contribution in [1.29, 1.82) is 0 Å². The smallest absolute Gasteiger partial charge is 0.132 e. The number of aryl methyl sites for hydroxylation is 1. The number of piperidine rings is 1. The van der Waals surface area contributed by atoms with E-state index < -0.39 is 0 Å². The Morgan fingerprint density at radius 2 is 2.00 bits per heavy atom. The molecule has 0 atom stereocenters. The fourth-order valence-electron chi connectivity index (χ4n) is 2.73. The van der Waals surface area contributed by atoms with E-state index in [2.05, 4.69) is 10.4 Å². The highest BCUT2D eigenvalue weighted by molar-refractivity contribution is 5.60. The lowest BCUT2D eigenvalue weighted by Gasteiger charge is -2.20. The first-order valence-electron chi connectivity index (χ1n) is 6.75. The van der Waals surface area contributed by atoms with E-state index in [1.807, 2.05) is 19.2 Å². The molecule has 0 amide bonds. The van der Waals surface area contributed by atoms with Crippen LogP contribution in [-0.2, 0) is 7.05 Å². The third-order valence-electron chi connectivity index (χ3n) is 3.81. The average molecular weight is 259 g/mol. The lowest BCUT2D eigenvalue weighted by molar-refractivity contribution is 0.450. The van der Waals surface area contributed by atoms with Crippen LogP contribution in [0.5, 0.6) is 0 Å². The second-order valence-corrected chi connectivity index (χ2v) is 5.08. The van der Waals surface area contributed by atoms with Gasteiger partial charge in [-0.2, -0.15) is 5.10 Å². The molecule has 1 aliphatic heterocycles. The number of nitrogens with one attached hydrogen (secondary N) is 1. The molecule has 0 unspecified atom stereocenters. The molecule has 0 spiro atoms. The van der Waals surface area contributed by atoms with Crippen LogP contribution in [0.1, 0.15) is 24.5 Å². The van der Waals surface area contributed by atoms with Crippen molar-refractivity contribution in [1.82, 2.24) is 15.1 Å². The van der Waals surface area contributed by atoms with Crippen molar-refractivity contribution < 1.29 is 4.39 Å². The van der Waals surface area contributed by atoms with Gasteiger partial charge in [0, 0.05) is 18.5 Å².